The number of hydrogen-bond acceptors (Lipinski definition) is 5. The fourth-order valence-electron chi connectivity index (χ4n) is 1.81. The molecule has 7 nitrogen and oxygen atoms in total. The zero-order chi connectivity index (χ0) is 15.8. The zero-order valence-electron chi connectivity index (χ0n) is 12.2. The molecule has 0 aromatic heterocycles. The third-order valence-electron chi connectivity index (χ3n) is 2.92. The molecular weight excluding hydrogens is 274 g/mol. The number of carbonyl (C=O) groups excluding carboxylic acids is 2. The predicted molar refractivity (Wildman–Crippen MR) is 78.0 cm³/mol. The van der Waals surface area contributed by atoms with Crippen molar-refractivity contribution in [2.75, 3.05) is 20.8 Å². The minimum absolute atomic E-state index is 0.164. The molecule has 1 aromatic rings. The van der Waals surface area contributed by atoms with E-state index in [0.717, 1.165) is 5.56 Å². The number of rotatable bonds is 8. The highest BCUT2D eigenvalue weighted by Crippen LogP contribution is 2.27. The summed E-state index contributed by atoms with van der Waals surface area (Å²) < 4.78 is 10.3. The van der Waals surface area contributed by atoms with Crippen molar-refractivity contribution in [3.63, 3.8) is 0 Å². The molecule has 0 fully saturated rings. The van der Waals surface area contributed by atoms with Crippen LogP contribution in [0.1, 0.15) is 12.0 Å². The van der Waals surface area contributed by atoms with E-state index in [2.05, 4.69) is 5.32 Å². The van der Waals surface area contributed by atoms with Gasteiger partial charge in [-0.1, -0.05) is 6.07 Å². The molecule has 0 bridgehead atoms. The number of nitrogens with two attached hydrogens (primary N) is 2. The molecule has 0 spiro atoms. The number of methoxy groups -OCH3 is 2. The van der Waals surface area contributed by atoms with E-state index >= 15 is 0 Å². The van der Waals surface area contributed by atoms with Crippen LogP contribution in [0.2, 0.25) is 0 Å². The number of benzene rings is 1. The first-order valence-corrected chi connectivity index (χ1v) is 6.50. The molecule has 1 rings (SSSR count). The normalized spacial score (nSPS) is 11.6. The maximum absolute atomic E-state index is 11.6. The van der Waals surface area contributed by atoms with E-state index in [4.69, 9.17) is 20.9 Å². The second kappa shape index (κ2) is 8.11. The summed E-state index contributed by atoms with van der Waals surface area (Å²) in [4.78, 5) is 22.3. The van der Waals surface area contributed by atoms with Crippen LogP contribution in [0.25, 0.3) is 0 Å². The van der Waals surface area contributed by atoms with Gasteiger partial charge in [0.15, 0.2) is 11.5 Å². The maximum Gasteiger partial charge on any atom is 0.237 e. The van der Waals surface area contributed by atoms with Crippen molar-refractivity contribution in [1.29, 1.82) is 0 Å². The predicted octanol–water partition coefficient (Wildman–Crippen LogP) is -0.435. The molecule has 0 aliphatic rings. The summed E-state index contributed by atoms with van der Waals surface area (Å²) in [5.74, 6) is 0.285. The van der Waals surface area contributed by atoms with Crippen LogP contribution >= 0.6 is 0 Å². The first-order valence-electron chi connectivity index (χ1n) is 6.50. The Morgan fingerprint density at radius 1 is 1.24 bits per heavy atom. The van der Waals surface area contributed by atoms with E-state index in [-0.39, 0.29) is 6.42 Å². The molecule has 0 saturated carbocycles. The lowest BCUT2D eigenvalue weighted by Crippen LogP contribution is -2.43. The van der Waals surface area contributed by atoms with Crippen LogP contribution in [0.15, 0.2) is 18.2 Å². The second-order valence-corrected chi connectivity index (χ2v) is 4.51. The van der Waals surface area contributed by atoms with Crippen LogP contribution < -0.4 is 26.3 Å². The Morgan fingerprint density at radius 2 is 1.90 bits per heavy atom. The second-order valence-electron chi connectivity index (χ2n) is 4.51. The summed E-state index contributed by atoms with van der Waals surface area (Å²) >= 11 is 0. The number of primary amides is 1. The summed E-state index contributed by atoms with van der Waals surface area (Å²) in [6.07, 6.45) is 0.442. The first-order chi connectivity index (χ1) is 9.97. The van der Waals surface area contributed by atoms with Gasteiger partial charge in [0, 0.05) is 6.54 Å². The van der Waals surface area contributed by atoms with Crippen LogP contribution in [0, 0.1) is 0 Å². The van der Waals surface area contributed by atoms with Crippen molar-refractivity contribution >= 4 is 11.8 Å². The number of hydrogen-bond donors (Lipinski definition) is 3. The first kappa shape index (κ1) is 16.8. The smallest absolute Gasteiger partial charge is 0.237 e. The lowest BCUT2D eigenvalue weighted by atomic mass is 10.1. The van der Waals surface area contributed by atoms with Crippen molar-refractivity contribution in [2.45, 2.75) is 18.9 Å². The third-order valence-corrected chi connectivity index (χ3v) is 2.92. The third kappa shape index (κ3) is 5.31. The molecule has 2 amide bonds. The molecular formula is C14H21N3O4. The standard InChI is InChI=1S/C14H21N3O4/c1-20-11-4-3-9(7-12(11)21-2)5-6-17-14(19)10(15)8-13(16)18/h3-4,7,10H,5-6,8,15H2,1-2H3,(H2,16,18)(H,17,19)/t10-/m1/s1. The Balaban J connectivity index is 2.49. The van der Waals surface area contributed by atoms with Crippen molar-refractivity contribution in [2.24, 2.45) is 11.5 Å². The summed E-state index contributed by atoms with van der Waals surface area (Å²) in [6, 6.07) is 4.62. The lowest BCUT2D eigenvalue weighted by molar-refractivity contribution is -0.126. The van der Waals surface area contributed by atoms with Gasteiger partial charge in [0.05, 0.1) is 26.7 Å². The van der Waals surface area contributed by atoms with E-state index in [0.29, 0.717) is 24.5 Å². The fourth-order valence-corrected chi connectivity index (χ4v) is 1.81. The minimum Gasteiger partial charge on any atom is -0.493 e. The van der Waals surface area contributed by atoms with Gasteiger partial charge in [-0.2, -0.15) is 0 Å². The topological polar surface area (TPSA) is 117 Å². The van der Waals surface area contributed by atoms with Gasteiger partial charge in [-0.3, -0.25) is 9.59 Å². The van der Waals surface area contributed by atoms with Crippen LogP contribution in [-0.2, 0) is 16.0 Å². The maximum atomic E-state index is 11.6. The van der Waals surface area contributed by atoms with Crippen LogP contribution in [0.3, 0.4) is 0 Å². The summed E-state index contributed by atoms with van der Waals surface area (Å²) in [5.41, 5.74) is 11.5. The molecule has 1 aromatic carbocycles. The van der Waals surface area contributed by atoms with Gasteiger partial charge in [-0.05, 0) is 24.1 Å². The van der Waals surface area contributed by atoms with Gasteiger partial charge in [-0.25, -0.2) is 0 Å². The number of carbonyl (C=O) groups is 2. The molecule has 0 aliphatic carbocycles. The number of ether oxygens (including phenoxy) is 2. The highest BCUT2D eigenvalue weighted by Gasteiger charge is 2.15. The molecule has 0 saturated heterocycles. The van der Waals surface area contributed by atoms with Crippen molar-refractivity contribution < 1.29 is 19.1 Å². The van der Waals surface area contributed by atoms with Gasteiger partial charge in [-0.15, -0.1) is 0 Å². The molecule has 116 valence electrons. The van der Waals surface area contributed by atoms with Gasteiger partial charge >= 0.3 is 0 Å². The van der Waals surface area contributed by atoms with E-state index in [1.54, 1.807) is 20.3 Å². The quantitative estimate of drug-likeness (QED) is 0.601. The van der Waals surface area contributed by atoms with Crippen molar-refractivity contribution in [3.8, 4) is 11.5 Å². The van der Waals surface area contributed by atoms with E-state index in [1.165, 1.54) is 0 Å². The Kier molecular flexibility index (Phi) is 6.48. The average Bonchev–Trinajstić information content (AvgIpc) is 2.46. The van der Waals surface area contributed by atoms with E-state index in [9.17, 15) is 9.59 Å². The zero-order valence-corrected chi connectivity index (χ0v) is 12.2. The molecule has 0 heterocycles. The van der Waals surface area contributed by atoms with Gasteiger partial charge in [0.1, 0.15) is 0 Å². The van der Waals surface area contributed by atoms with Crippen LogP contribution in [0.5, 0.6) is 11.5 Å². The highest BCUT2D eigenvalue weighted by atomic mass is 16.5. The number of nitrogens with one attached hydrogen (secondary N) is 1. The largest absolute Gasteiger partial charge is 0.493 e. The molecule has 21 heavy (non-hydrogen) atoms. The van der Waals surface area contributed by atoms with Crippen LogP contribution in [0.4, 0.5) is 0 Å². The molecule has 5 N–H and O–H groups in total. The molecule has 0 unspecified atom stereocenters. The van der Waals surface area contributed by atoms with Crippen molar-refractivity contribution in [3.05, 3.63) is 23.8 Å². The lowest BCUT2D eigenvalue weighted by Gasteiger charge is -2.12. The van der Waals surface area contributed by atoms with Crippen molar-refractivity contribution in [1.82, 2.24) is 5.32 Å². The SMILES string of the molecule is COc1ccc(CCNC(=O)[C@H](N)CC(N)=O)cc1OC. The Labute approximate surface area is 123 Å². The Morgan fingerprint density at radius 3 is 2.48 bits per heavy atom. The average molecular weight is 295 g/mol. The molecule has 0 radical (unpaired) electrons. The monoisotopic (exact) mass is 295 g/mol. The molecule has 7 heteroatoms. The Bertz CT molecular complexity index is 505. The summed E-state index contributed by atoms with van der Waals surface area (Å²) in [6.45, 7) is 0.404. The fraction of sp³-hybridized carbons (Fsp3) is 0.429. The summed E-state index contributed by atoms with van der Waals surface area (Å²) in [5, 5.41) is 2.66. The molecule has 1 atom stereocenters. The van der Waals surface area contributed by atoms with Gasteiger partial charge < -0.3 is 26.3 Å². The minimum atomic E-state index is -0.909. The Hall–Kier alpha value is -2.28. The van der Waals surface area contributed by atoms with Gasteiger partial charge in [0.2, 0.25) is 11.8 Å². The van der Waals surface area contributed by atoms with Gasteiger partial charge in [0.25, 0.3) is 0 Å². The van der Waals surface area contributed by atoms with E-state index in [1.807, 2.05) is 12.1 Å². The summed E-state index contributed by atoms with van der Waals surface area (Å²) in [7, 11) is 3.13. The van der Waals surface area contributed by atoms with E-state index < -0.39 is 17.9 Å². The van der Waals surface area contributed by atoms with Crippen LogP contribution in [-0.4, -0.2) is 38.6 Å². The molecule has 0 aliphatic heterocycles. The highest BCUT2D eigenvalue weighted by molar-refractivity contribution is 5.87. The number of amides is 2.